The number of aromatic nitrogens is 3. The number of fused-ring (bicyclic) bond motifs is 1. The number of anilines is 3. The molecule has 0 bridgehead atoms. The first-order valence-corrected chi connectivity index (χ1v) is 11.8. The van der Waals surface area contributed by atoms with Gasteiger partial charge in [-0.3, -0.25) is 4.79 Å². The number of aliphatic imine (C=N–C) groups is 1. The molecule has 0 radical (unpaired) electrons. The number of aromatic amines is 1. The number of carbonyl (C=O) groups is 1. The van der Waals surface area contributed by atoms with Gasteiger partial charge in [0.25, 0.3) is 0 Å². The Morgan fingerprint density at radius 3 is 2.91 bits per heavy atom. The van der Waals surface area contributed by atoms with Gasteiger partial charge in [-0.2, -0.15) is 0 Å². The predicted molar refractivity (Wildman–Crippen MR) is 142 cm³/mol. The predicted octanol–water partition coefficient (Wildman–Crippen LogP) is 4.75. The summed E-state index contributed by atoms with van der Waals surface area (Å²) < 4.78 is 0. The number of hydrogen-bond donors (Lipinski definition) is 2. The second kappa shape index (κ2) is 9.97. The summed E-state index contributed by atoms with van der Waals surface area (Å²) in [5, 5.41) is 4.26. The van der Waals surface area contributed by atoms with Crippen LogP contribution >= 0.6 is 0 Å². The molecule has 2 N–H and O–H groups in total. The van der Waals surface area contributed by atoms with Crippen LogP contribution in [0.4, 0.5) is 22.9 Å². The maximum atomic E-state index is 11.8. The lowest BCUT2D eigenvalue weighted by Crippen LogP contribution is -2.35. The molecule has 178 valence electrons. The Morgan fingerprint density at radius 2 is 2.06 bits per heavy atom. The summed E-state index contributed by atoms with van der Waals surface area (Å²) >= 11 is 0. The lowest BCUT2D eigenvalue weighted by atomic mass is 9.90. The molecule has 35 heavy (non-hydrogen) atoms. The van der Waals surface area contributed by atoms with Gasteiger partial charge in [0.05, 0.1) is 16.8 Å². The number of para-hydroxylation sites is 2. The second-order valence-electron chi connectivity index (χ2n) is 8.97. The molecule has 1 aliphatic rings. The van der Waals surface area contributed by atoms with Crippen LogP contribution in [0.1, 0.15) is 24.3 Å². The van der Waals surface area contributed by atoms with Crippen molar-refractivity contribution in [1.29, 1.82) is 0 Å². The van der Waals surface area contributed by atoms with E-state index in [2.05, 4.69) is 42.3 Å². The van der Waals surface area contributed by atoms with Crippen LogP contribution in [0.15, 0.2) is 72.1 Å². The molecule has 1 atom stereocenters. The Morgan fingerprint density at radius 1 is 1.17 bits per heavy atom. The number of aldehydes is 1. The molecule has 0 aliphatic carbocycles. The molecule has 2 aromatic heterocycles. The third-order valence-electron chi connectivity index (χ3n) is 6.40. The van der Waals surface area contributed by atoms with E-state index >= 15 is 0 Å². The molecular formula is C27H29N7O. The van der Waals surface area contributed by atoms with Crippen LogP contribution in [0, 0.1) is 0 Å². The van der Waals surface area contributed by atoms with E-state index in [9.17, 15) is 4.79 Å². The van der Waals surface area contributed by atoms with E-state index in [1.54, 1.807) is 6.33 Å². The maximum Gasteiger partial charge on any atom is 0.185 e. The quantitative estimate of drug-likeness (QED) is 0.242. The van der Waals surface area contributed by atoms with Crippen molar-refractivity contribution in [3.05, 3.63) is 72.7 Å². The molecular weight excluding hydrogens is 438 g/mol. The SMILES string of the molecule is CN(C)c1ccccc1N=C(C=O)Nc1cccc(C2CCCN(c3ncnc4[nH]ccc34)C2)c1. The third kappa shape index (κ3) is 4.87. The van der Waals surface area contributed by atoms with Crippen molar-refractivity contribution in [2.45, 2.75) is 18.8 Å². The minimum absolute atomic E-state index is 0.276. The van der Waals surface area contributed by atoms with Crippen molar-refractivity contribution in [3.8, 4) is 0 Å². The zero-order chi connectivity index (χ0) is 24.2. The number of benzene rings is 2. The number of piperidine rings is 1. The molecule has 3 heterocycles. The van der Waals surface area contributed by atoms with Crippen molar-refractivity contribution in [1.82, 2.24) is 15.0 Å². The van der Waals surface area contributed by atoms with Gasteiger partial charge in [-0.15, -0.1) is 0 Å². The Kier molecular flexibility index (Phi) is 6.43. The molecule has 0 saturated carbocycles. The monoisotopic (exact) mass is 467 g/mol. The van der Waals surface area contributed by atoms with E-state index in [0.29, 0.717) is 5.92 Å². The van der Waals surface area contributed by atoms with Crippen LogP contribution in [-0.2, 0) is 4.79 Å². The van der Waals surface area contributed by atoms with Crippen LogP contribution in [0.5, 0.6) is 0 Å². The molecule has 0 amide bonds. The van der Waals surface area contributed by atoms with Gasteiger partial charge in [-0.25, -0.2) is 15.0 Å². The molecule has 4 aromatic rings. The highest BCUT2D eigenvalue weighted by molar-refractivity contribution is 6.33. The number of carbonyl (C=O) groups excluding carboxylic acids is 1. The molecule has 5 rings (SSSR count). The number of nitrogens with one attached hydrogen (secondary N) is 2. The fourth-order valence-corrected chi connectivity index (χ4v) is 4.72. The lowest BCUT2D eigenvalue weighted by Gasteiger charge is -2.34. The third-order valence-corrected chi connectivity index (χ3v) is 6.40. The fraction of sp³-hybridized carbons (Fsp3) is 0.259. The van der Waals surface area contributed by atoms with Crippen LogP contribution < -0.4 is 15.1 Å². The Bertz CT molecular complexity index is 1360. The summed E-state index contributed by atoms with van der Waals surface area (Å²) in [6.45, 7) is 1.85. The minimum atomic E-state index is 0.276. The standard InChI is InChI=1S/C27H29N7O/c1-33(2)24-11-4-3-10-23(24)32-25(17-35)31-21-9-5-7-19(15-21)20-8-6-14-34(16-20)27-22-12-13-28-26(22)29-18-30-27/h3-5,7,9-13,15,17-18,20H,6,8,14,16H2,1-2H3,(H,31,32)(H,28,29,30). The van der Waals surface area contributed by atoms with Gasteiger partial charge in [0.2, 0.25) is 0 Å². The van der Waals surface area contributed by atoms with Gasteiger partial charge in [-0.05, 0) is 48.7 Å². The minimum Gasteiger partial charge on any atom is -0.376 e. The molecule has 2 aromatic carbocycles. The van der Waals surface area contributed by atoms with Crippen LogP contribution in [0.25, 0.3) is 11.0 Å². The van der Waals surface area contributed by atoms with Crippen LogP contribution in [0.2, 0.25) is 0 Å². The molecule has 8 heteroatoms. The molecule has 0 spiro atoms. The van der Waals surface area contributed by atoms with Gasteiger partial charge < -0.3 is 20.1 Å². The van der Waals surface area contributed by atoms with Crippen molar-refractivity contribution < 1.29 is 4.79 Å². The zero-order valence-corrected chi connectivity index (χ0v) is 20.0. The van der Waals surface area contributed by atoms with E-state index < -0.39 is 0 Å². The maximum absolute atomic E-state index is 11.8. The topological polar surface area (TPSA) is 89.5 Å². The summed E-state index contributed by atoms with van der Waals surface area (Å²) in [7, 11) is 3.92. The molecule has 1 fully saturated rings. The van der Waals surface area contributed by atoms with Crippen molar-refractivity contribution >= 4 is 46.0 Å². The molecule has 1 unspecified atom stereocenters. The largest absolute Gasteiger partial charge is 0.376 e. The van der Waals surface area contributed by atoms with Gasteiger partial charge in [0.15, 0.2) is 12.1 Å². The lowest BCUT2D eigenvalue weighted by molar-refractivity contribution is -0.102. The normalized spacial score (nSPS) is 16.3. The van der Waals surface area contributed by atoms with Gasteiger partial charge in [0, 0.05) is 45.0 Å². The number of rotatable bonds is 6. The van der Waals surface area contributed by atoms with Crippen molar-refractivity contribution in [3.63, 3.8) is 0 Å². The van der Waals surface area contributed by atoms with E-state index in [-0.39, 0.29) is 5.84 Å². The van der Waals surface area contributed by atoms with Gasteiger partial charge in [0.1, 0.15) is 17.8 Å². The number of hydrogen-bond acceptors (Lipinski definition) is 6. The fourth-order valence-electron chi connectivity index (χ4n) is 4.72. The van der Waals surface area contributed by atoms with Crippen molar-refractivity contribution in [2.75, 3.05) is 42.3 Å². The Balaban J connectivity index is 1.36. The first-order valence-electron chi connectivity index (χ1n) is 11.8. The summed E-state index contributed by atoms with van der Waals surface area (Å²) in [4.78, 5) is 32.8. The highest BCUT2D eigenvalue weighted by atomic mass is 16.1. The average molecular weight is 468 g/mol. The zero-order valence-electron chi connectivity index (χ0n) is 20.0. The smallest absolute Gasteiger partial charge is 0.185 e. The van der Waals surface area contributed by atoms with Gasteiger partial charge in [-0.1, -0.05) is 24.3 Å². The van der Waals surface area contributed by atoms with Crippen LogP contribution in [0.3, 0.4) is 0 Å². The molecule has 8 nitrogen and oxygen atoms in total. The highest BCUT2D eigenvalue weighted by Gasteiger charge is 2.24. The summed E-state index contributed by atoms with van der Waals surface area (Å²) in [5.74, 6) is 1.61. The summed E-state index contributed by atoms with van der Waals surface area (Å²) in [5.41, 5.74) is 4.64. The molecule has 1 saturated heterocycles. The number of amidine groups is 1. The summed E-state index contributed by atoms with van der Waals surface area (Å²) in [6, 6.07) is 18.1. The average Bonchev–Trinajstić information content (AvgIpc) is 3.38. The Labute approximate surface area is 204 Å². The van der Waals surface area contributed by atoms with Crippen molar-refractivity contribution in [2.24, 2.45) is 4.99 Å². The molecule has 1 aliphatic heterocycles. The number of H-pyrrole nitrogens is 1. The van der Waals surface area contributed by atoms with E-state index in [4.69, 9.17) is 0 Å². The Hall–Kier alpha value is -4.20. The van der Waals surface area contributed by atoms with E-state index in [1.165, 1.54) is 5.56 Å². The van der Waals surface area contributed by atoms with Gasteiger partial charge >= 0.3 is 0 Å². The number of nitrogens with zero attached hydrogens (tertiary/aromatic N) is 5. The first kappa shape index (κ1) is 22.6. The van der Waals surface area contributed by atoms with Crippen LogP contribution in [-0.4, -0.2) is 54.3 Å². The summed E-state index contributed by atoms with van der Waals surface area (Å²) in [6.07, 6.45) is 6.48. The van der Waals surface area contributed by atoms with E-state index in [1.807, 2.05) is 67.7 Å². The second-order valence-corrected chi connectivity index (χ2v) is 8.97. The highest BCUT2D eigenvalue weighted by Crippen LogP contribution is 2.33. The first-order chi connectivity index (χ1) is 17.1. The van der Waals surface area contributed by atoms with E-state index in [0.717, 1.165) is 66.1 Å².